The molecule has 2 heterocycles. The first-order valence-electron chi connectivity index (χ1n) is 6.97. The molecule has 0 saturated carbocycles. The van der Waals surface area contributed by atoms with Crippen LogP contribution in [0.4, 0.5) is 18.9 Å². The first-order chi connectivity index (χ1) is 11.2. The number of rotatable bonds is 2. The quantitative estimate of drug-likeness (QED) is 0.717. The third-order valence-electron chi connectivity index (χ3n) is 3.94. The Morgan fingerprint density at radius 1 is 1.38 bits per heavy atom. The van der Waals surface area contributed by atoms with Gasteiger partial charge < -0.3 is 4.42 Å². The average molecular weight is 376 g/mol. The van der Waals surface area contributed by atoms with E-state index in [0.717, 1.165) is 4.90 Å². The molecule has 1 aliphatic carbocycles. The topological polar surface area (TPSA) is 32.0 Å². The van der Waals surface area contributed by atoms with E-state index in [2.05, 4.69) is 5.10 Å². The third kappa shape index (κ3) is 2.44. The molecule has 0 N–H and O–H groups in total. The number of halogens is 4. The Balaban J connectivity index is 2.28. The van der Waals surface area contributed by atoms with Crippen LogP contribution < -0.4 is 4.90 Å². The maximum Gasteiger partial charge on any atom is 0.451 e. The number of hydrogen-bond acceptors (Lipinski definition) is 5. The summed E-state index contributed by atoms with van der Waals surface area (Å²) in [5.41, 5.74) is 2.12. The molecular weight excluding hydrogens is 363 g/mol. The zero-order valence-corrected chi connectivity index (χ0v) is 14.6. The van der Waals surface area contributed by atoms with Crippen molar-refractivity contribution in [1.82, 2.24) is 5.01 Å². The van der Waals surface area contributed by atoms with Crippen molar-refractivity contribution in [3.8, 4) is 11.1 Å². The van der Waals surface area contributed by atoms with Gasteiger partial charge in [-0.25, -0.2) is 0 Å². The van der Waals surface area contributed by atoms with Crippen molar-refractivity contribution in [1.29, 1.82) is 0 Å². The number of hydrazone groups is 1. The van der Waals surface area contributed by atoms with E-state index in [0.29, 0.717) is 28.1 Å². The van der Waals surface area contributed by atoms with Gasteiger partial charge >= 0.3 is 6.18 Å². The van der Waals surface area contributed by atoms with Crippen molar-refractivity contribution < 1.29 is 17.6 Å². The van der Waals surface area contributed by atoms with Gasteiger partial charge in [0.25, 0.3) is 0 Å². The van der Waals surface area contributed by atoms with Gasteiger partial charge in [0, 0.05) is 23.5 Å². The number of hydrogen-bond donors (Lipinski definition) is 0. The normalized spacial score (nSPS) is 18.5. The molecule has 0 aromatic carbocycles. The lowest BCUT2D eigenvalue weighted by Crippen LogP contribution is -2.46. The Hall–Kier alpha value is -1.80. The standard InChI is InChI=1S/C15H13ClF3N3OS/c1-7-4-9-8(2)23-5-10(16)12(9)13(7)22-11(6-24)21(3)20-14(22)15(17,18)19/h4-6,11H,1-3H3. The first-order valence-corrected chi connectivity index (χ1v) is 7.81. The minimum atomic E-state index is -4.63. The van der Waals surface area contributed by atoms with E-state index < -0.39 is 18.2 Å². The summed E-state index contributed by atoms with van der Waals surface area (Å²) in [5.74, 6) is -0.457. The van der Waals surface area contributed by atoms with Gasteiger partial charge in [0.1, 0.15) is 12.0 Å². The molecule has 0 aromatic heterocycles. The summed E-state index contributed by atoms with van der Waals surface area (Å²) in [6.45, 7) is 3.45. The fourth-order valence-electron chi connectivity index (χ4n) is 2.90. The lowest BCUT2D eigenvalue weighted by Gasteiger charge is -2.29. The number of alkyl halides is 3. The van der Waals surface area contributed by atoms with Crippen LogP contribution in [0.2, 0.25) is 5.02 Å². The maximum atomic E-state index is 13.5. The Bertz CT molecular complexity index is 817. The van der Waals surface area contributed by atoms with E-state index >= 15 is 0 Å². The van der Waals surface area contributed by atoms with Crippen LogP contribution in [0.15, 0.2) is 21.8 Å². The van der Waals surface area contributed by atoms with Crippen LogP contribution in [0.3, 0.4) is 0 Å². The largest absolute Gasteiger partial charge is 0.467 e. The van der Waals surface area contributed by atoms with E-state index in [1.165, 1.54) is 23.7 Å². The Morgan fingerprint density at radius 3 is 2.62 bits per heavy atom. The van der Waals surface area contributed by atoms with E-state index in [4.69, 9.17) is 28.2 Å². The molecule has 0 radical (unpaired) electrons. The number of aryl methyl sites for hydroxylation is 2. The van der Waals surface area contributed by atoms with Crippen LogP contribution in [0, 0.1) is 13.8 Å². The molecule has 0 bridgehead atoms. The van der Waals surface area contributed by atoms with E-state index in [1.54, 1.807) is 19.9 Å². The van der Waals surface area contributed by atoms with Crippen LogP contribution in [0.5, 0.6) is 0 Å². The lowest BCUT2D eigenvalue weighted by molar-refractivity contribution is -0.0599. The lowest BCUT2D eigenvalue weighted by atomic mass is 10.1. The number of fused-ring (bicyclic) bond motifs is 1. The van der Waals surface area contributed by atoms with Crippen molar-refractivity contribution in [2.75, 3.05) is 11.9 Å². The summed E-state index contributed by atoms with van der Waals surface area (Å²) in [4.78, 5) is 1.08. The molecule has 128 valence electrons. The number of amidine groups is 1. The predicted octanol–water partition coefficient (Wildman–Crippen LogP) is 4.61. The first kappa shape index (κ1) is 17.0. The Morgan fingerprint density at radius 2 is 2.04 bits per heavy atom. The molecule has 0 aromatic rings. The highest BCUT2D eigenvalue weighted by Crippen LogP contribution is 2.47. The third-order valence-corrected chi connectivity index (χ3v) is 4.46. The summed E-state index contributed by atoms with van der Waals surface area (Å²) in [6.07, 6.45) is -4.15. The molecule has 3 aliphatic rings. The predicted molar refractivity (Wildman–Crippen MR) is 91.0 cm³/mol. The van der Waals surface area contributed by atoms with Crippen molar-refractivity contribution >= 4 is 40.7 Å². The van der Waals surface area contributed by atoms with Gasteiger partial charge in [-0.3, -0.25) is 9.91 Å². The van der Waals surface area contributed by atoms with Crippen LogP contribution in [-0.4, -0.2) is 35.6 Å². The minimum absolute atomic E-state index is 0.234. The average Bonchev–Trinajstić information content (AvgIpc) is 3.00. The van der Waals surface area contributed by atoms with Crippen LogP contribution in [0.1, 0.15) is 11.3 Å². The number of nitrogens with zero attached hydrogens (tertiary/aromatic N) is 3. The van der Waals surface area contributed by atoms with Crippen molar-refractivity contribution in [2.24, 2.45) is 5.10 Å². The highest BCUT2D eigenvalue weighted by atomic mass is 35.5. The van der Waals surface area contributed by atoms with Crippen LogP contribution >= 0.6 is 23.8 Å². The molecule has 0 saturated heterocycles. The molecular formula is C15H13ClF3N3OS. The molecule has 24 heavy (non-hydrogen) atoms. The van der Waals surface area contributed by atoms with Crippen molar-refractivity contribution in [2.45, 2.75) is 26.2 Å². The van der Waals surface area contributed by atoms with Crippen molar-refractivity contribution in [3.63, 3.8) is 0 Å². The molecule has 3 rings (SSSR count). The molecule has 1 atom stereocenters. The summed E-state index contributed by atoms with van der Waals surface area (Å²) >= 11 is 11.2. The van der Waals surface area contributed by atoms with E-state index in [9.17, 15) is 13.2 Å². The molecule has 1 unspecified atom stereocenters. The fourth-order valence-corrected chi connectivity index (χ4v) is 3.44. The molecule has 0 fully saturated rings. The van der Waals surface area contributed by atoms with Gasteiger partial charge in [-0.05, 0) is 25.5 Å². The highest BCUT2D eigenvalue weighted by molar-refractivity contribution is 7.79. The van der Waals surface area contributed by atoms with Gasteiger partial charge in [0.05, 0.1) is 10.7 Å². The SMILES string of the molecule is Cc1cc2c(C)occ(Cl)c-2c1N1C(C(F)(F)F)=NN(C)C1C=S. The van der Waals surface area contributed by atoms with E-state index in [-0.39, 0.29) is 5.02 Å². The summed E-state index contributed by atoms with van der Waals surface area (Å²) in [5, 5.41) is 6.30. The maximum absolute atomic E-state index is 13.5. The Labute approximate surface area is 146 Å². The zero-order chi connectivity index (χ0) is 17.8. The fraction of sp³-hybridized carbons (Fsp3) is 0.333. The van der Waals surface area contributed by atoms with Gasteiger partial charge in [-0.15, -0.1) is 0 Å². The summed E-state index contributed by atoms with van der Waals surface area (Å²) < 4.78 is 45.8. The second-order valence-electron chi connectivity index (χ2n) is 5.52. The minimum Gasteiger partial charge on any atom is -0.467 e. The van der Waals surface area contributed by atoms with Gasteiger partial charge in [0.15, 0.2) is 6.17 Å². The molecule has 0 spiro atoms. The van der Waals surface area contributed by atoms with Crippen LogP contribution in [-0.2, 0) is 0 Å². The van der Waals surface area contributed by atoms with Crippen LogP contribution in [0.25, 0.3) is 11.1 Å². The molecule has 2 aliphatic heterocycles. The van der Waals surface area contributed by atoms with Crippen molar-refractivity contribution in [3.05, 3.63) is 28.7 Å². The van der Waals surface area contributed by atoms with Gasteiger partial charge in [0.2, 0.25) is 5.84 Å². The molecule has 9 heteroatoms. The van der Waals surface area contributed by atoms with Gasteiger partial charge in [-0.2, -0.15) is 18.3 Å². The second-order valence-corrected chi connectivity index (χ2v) is 6.20. The number of thiocarbonyl (C=S) groups is 1. The van der Waals surface area contributed by atoms with E-state index in [1.807, 2.05) is 0 Å². The monoisotopic (exact) mass is 375 g/mol. The number of anilines is 1. The molecule has 0 amide bonds. The smallest absolute Gasteiger partial charge is 0.451 e. The summed E-state index contributed by atoms with van der Waals surface area (Å²) in [7, 11) is 1.45. The summed E-state index contributed by atoms with van der Waals surface area (Å²) in [6, 6.07) is 1.75. The highest BCUT2D eigenvalue weighted by Gasteiger charge is 2.49. The Kier molecular flexibility index (Phi) is 4.00. The second kappa shape index (κ2) is 5.63. The molecule has 4 nitrogen and oxygen atoms in total. The zero-order valence-electron chi connectivity index (χ0n) is 13.0. The van der Waals surface area contributed by atoms with Gasteiger partial charge in [-0.1, -0.05) is 23.8 Å².